The predicted octanol–water partition coefficient (Wildman–Crippen LogP) is 6.04. The van der Waals surface area contributed by atoms with E-state index in [2.05, 4.69) is 6.08 Å². The fourth-order valence-electron chi connectivity index (χ4n) is 5.01. The summed E-state index contributed by atoms with van der Waals surface area (Å²) < 4.78 is 30.2. The number of hydrogen-bond acceptors (Lipinski definition) is 5. The minimum Gasteiger partial charge on any atom is -0.497 e. The lowest BCUT2D eigenvalue weighted by molar-refractivity contribution is -0.135. The first kappa shape index (κ1) is 24.6. The summed E-state index contributed by atoms with van der Waals surface area (Å²) in [5, 5.41) is 6.38. The Morgan fingerprint density at radius 3 is 2.35 bits per heavy atom. The maximum absolute atomic E-state index is 14.1. The molecule has 1 saturated carbocycles. The maximum atomic E-state index is 14.1. The molecule has 1 heterocycles. The molecule has 2 aliphatic rings. The number of allylic oxidation sites excluding steroid dienone is 1. The Hall–Kier alpha value is -4.13. The summed E-state index contributed by atoms with van der Waals surface area (Å²) in [5.41, 5.74) is 4.05. The van der Waals surface area contributed by atoms with E-state index in [0.29, 0.717) is 0 Å². The van der Waals surface area contributed by atoms with Gasteiger partial charge in [-0.3, -0.25) is 4.79 Å². The molecule has 0 saturated heterocycles. The van der Waals surface area contributed by atoms with E-state index in [1.54, 1.807) is 26.4 Å². The van der Waals surface area contributed by atoms with Gasteiger partial charge in [-0.25, -0.2) is 9.40 Å². The van der Waals surface area contributed by atoms with Crippen molar-refractivity contribution >= 4 is 17.7 Å². The Kier molecular flexibility index (Phi) is 7.21. The van der Waals surface area contributed by atoms with Gasteiger partial charge in [0.15, 0.2) is 18.2 Å². The van der Waals surface area contributed by atoms with Gasteiger partial charge in [0, 0.05) is 5.92 Å². The second-order valence-electron chi connectivity index (χ2n) is 9.10. The van der Waals surface area contributed by atoms with Gasteiger partial charge in [0.25, 0.3) is 5.91 Å². The van der Waals surface area contributed by atoms with E-state index in [0.717, 1.165) is 53.2 Å². The van der Waals surface area contributed by atoms with Crippen molar-refractivity contribution in [2.24, 2.45) is 11.0 Å². The van der Waals surface area contributed by atoms with Crippen LogP contribution in [0.15, 0.2) is 83.5 Å². The summed E-state index contributed by atoms with van der Waals surface area (Å²) in [6.07, 6.45) is 4.92. The third kappa shape index (κ3) is 5.21. The zero-order valence-electron chi connectivity index (χ0n) is 20.9. The molecule has 3 aromatic rings. The number of ether oxygens (including phenoxy) is 3. The lowest BCUT2D eigenvalue weighted by Crippen LogP contribution is -2.34. The minimum atomic E-state index is -0.506. The molecular formula is C30H29FN2O4. The number of rotatable bonds is 7. The Morgan fingerprint density at radius 1 is 1.00 bits per heavy atom. The smallest absolute Gasteiger partial charge is 0.281 e. The molecule has 0 N–H and O–H groups in total. The third-order valence-corrected chi connectivity index (χ3v) is 6.86. The van der Waals surface area contributed by atoms with Crippen LogP contribution in [0.2, 0.25) is 0 Å². The topological polar surface area (TPSA) is 60.4 Å². The van der Waals surface area contributed by atoms with Gasteiger partial charge < -0.3 is 14.2 Å². The van der Waals surface area contributed by atoms with E-state index in [1.807, 2.05) is 48.5 Å². The monoisotopic (exact) mass is 500 g/mol. The molecule has 37 heavy (non-hydrogen) atoms. The van der Waals surface area contributed by atoms with E-state index in [1.165, 1.54) is 17.1 Å². The average Bonchev–Trinajstić information content (AvgIpc) is 3.34. The van der Waals surface area contributed by atoms with Gasteiger partial charge >= 0.3 is 0 Å². The molecule has 0 spiro atoms. The number of hydrazone groups is 1. The zero-order chi connectivity index (χ0) is 25.8. The first-order chi connectivity index (χ1) is 18.1. The highest BCUT2D eigenvalue weighted by atomic mass is 19.1. The molecule has 190 valence electrons. The molecule has 1 aliphatic heterocycles. The molecule has 5 rings (SSSR count). The molecule has 1 fully saturated rings. The Balaban J connectivity index is 1.46. The minimum absolute atomic E-state index is 0.0428. The summed E-state index contributed by atoms with van der Waals surface area (Å²) in [4.78, 5) is 13.4. The molecular weight excluding hydrogens is 471 g/mol. The second-order valence-corrected chi connectivity index (χ2v) is 9.10. The number of carbonyl (C=O) groups excluding carboxylic acids is 1. The van der Waals surface area contributed by atoms with Crippen LogP contribution in [0.1, 0.15) is 36.4 Å². The molecule has 7 heteroatoms. The normalized spacial score (nSPS) is 19.8. The molecule has 0 unspecified atom stereocenters. The number of fused-ring (bicyclic) bond motifs is 1. The van der Waals surface area contributed by atoms with Gasteiger partial charge in [-0.2, -0.15) is 5.10 Å². The zero-order valence-corrected chi connectivity index (χ0v) is 20.9. The highest BCUT2D eigenvalue weighted by Gasteiger charge is 2.43. The van der Waals surface area contributed by atoms with E-state index in [-0.39, 0.29) is 30.2 Å². The largest absolute Gasteiger partial charge is 0.497 e. The van der Waals surface area contributed by atoms with Gasteiger partial charge in [-0.1, -0.05) is 36.4 Å². The standard InChI is InChI=1S/C30H29FN2O4/c1-35-23-14-10-20(11-15-23)18-22-6-5-7-25-29(22)32-33(30(25)21-12-16-24(36-2)17-13-21)28(34)19-37-27-9-4-3-8-26(27)31/h3-4,8-18,25,30H,5-7,19H2,1-2H3/b22-18-/t25-,30+/m1/s1. The molecule has 1 aliphatic carbocycles. The molecule has 0 bridgehead atoms. The van der Waals surface area contributed by atoms with Crippen LogP contribution in [0.4, 0.5) is 4.39 Å². The van der Waals surface area contributed by atoms with Crippen molar-refractivity contribution < 1.29 is 23.4 Å². The van der Waals surface area contributed by atoms with Crippen LogP contribution in [0.25, 0.3) is 6.08 Å². The van der Waals surface area contributed by atoms with E-state index in [9.17, 15) is 9.18 Å². The average molecular weight is 501 g/mol. The van der Waals surface area contributed by atoms with Gasteiger partial charge in [-0.05, 0) is 78.4 Å². The van der Waals surface area contributed by atoms with Crippen LogP contribution >= 0.6 is 0 Å². The summed E-state index contributed by atoms with van der Waals surface area (Å²) in [6, 6.07) is 21.4. The molecule has 3 aromatic carbocycles. The number of halogens is 1. The highest BCUT2D eigenvalue weighted by Crippen LogP contribution is 2.44. The van der Waals surface area contributed by atoms with Gasteiger partial charge in [-0.15, -0.1) is 0 Å². The summed E-state index contributed by atoms with van der Waals surface area (Å²) >= 11 is 0. The molecule has 0 radical (unpaired) electrons. The van der Waals surface area contributed by atoms with Crippen LogP contribution < -0.4 is 14.2 Å². The Labute approximate surface area is 216 Å². The van der Waals surface area contributed by atoms with Gasteiger partial charge in [0.2, 0.25) is 0 Å². The number of para-hydroxylation sites is 1. The lowest BCUT2D eigenvalue weighted by Gasteiger charge is -2.29. The van der Waals surface area contributed by atoms with Gasteiger partial charge in [0.05, 0.1) is 26.0 Å². The second kappa shape index (κ2) is 10.9. The van der Waals surface area contributed by atoms with Crippen LogP contribution in [-0.2, 0) is 4.79 Å². The number of nitrogens with zero attached hydrogens (tertiary/aromatic N) is 2. The number of hydrogen-bond donors (Lipinski definition) is 0. The number of amides is 1. The summed E-state index contributed by atoms with van der Waals surface area (Å²) in [7, 11) is 3.27. The van der Waals surface area contributed by atoms with Crippen LogP contribution in [0.3, 0.4) is 0 Å². The first-order valence-electron chi connectivity index (χ1n) is 12.3. The van der Waals surface area contributed by atoms with Crippen molar-refractivity contribution in [1.29, 1.82) is 0 Å². The van der Waals surface area contributed by atoms with Crippen molar-refractivity contribution in [2.45, 2.75) is 25.3 Å². The number of methoxy groups -OCH3 is 2. The SMILES string of the molecule is COc1ccc(/C=C2/CCC[C@@H]3C2=NN(C(=O)COc2ccccc2F)[C@H]3c2ccc(OC)cc2)cc1. The van der Waals surface area contributed by atoms with E-state index < -0.39 is 5.82 Å². The van der Waals surface area contributed by atoms with Crippen molar-refractivity contribution in [3.63, 3.8) is 0 Å². The first-order valence-corrected chi connectivity index (χ1v) is 12.3. The third-order valence-electron chi connectivity index (χ3n) is 6.86. The van der Waals surface area contributed by atoms with Crippen LogP contribution in [0, 0.1) is 11.7 Å². The molecule has 6 nitrogen and oxygen atoms in total. The quantitative estimate of drug-likeness (QED) is 0.397. The van der Waals surface area contributed by atoms with Crippen molar-refractivity contribution in [1.82, 2.24) is 5.01 Å². The molecule has 1 amide bonds. The predicted molar refractivity (Wildman–Crippen MR) is 140 cm³/mol. The van der Waals surface area contributed by atoms with Crippen molar-refractivity contribution in [3.8, 4) is 17.2 Å². The molecule has 2 atom stereocenters. The van der Waals surface area contributed by atoms with E-state index >= 15 is 0 Å². The lowest BCUT2D eigenvalue weighted by atomic mass is 9.77. The Bertz CT molecular complexity index is 1320. The van der Waals surface area contributed by atoms with Crippen LogP contribution in [0.5, 0.6) is 17.2 Å². The number of carbonyl (C=O) groups is 1. The van der Waals surface area contributed by atoms with Crippen molar-refractivity contribution in [2.75, 3.05) is 20.8 Å². The molecule has 0 aromatic heterocycles. The van der Waals surface area contributed by atoms with Crippen LogP contribution in [-0.4, -0.2) is 37.5 Å². The van der Waals surface area contributed by atoms with Crippen molar-refractivity contribution in [3.05, 3.63) is 95.3 Å². The summed E-state index contributed by atoms with van der Waals surface area (Å²) in [6.45, 7) is -0.311. The van der Waals surface area contributed by atoms with Gasteiger partial charge in [0.1, 0.15) is 11.5 Å². The maximum Gasteiger partial charge on any atom is 0.281 e. The number of benzene rings is 3. The fraction of sp³-hybridized carbons (Fsp3) is 0.267. The Morgan fingerprint density at radius 2 is 1.68 bits per heavy atom. The summed E-state index contributed by atoms with van der Waals surface area (Å²) in [5.74, 6) is 0.800. The highest BCUT2D eigenvalue weighted by molar-refractivity contribution is 6.08. The fourth-order valence-corrected chi connectivity index (χ4v) is 5.01. The van der Waals surface area contributed by atoms with E-state index in [4.69, 9.17) is 19.3 Å².